The fourth-order valence-corrected chi connectivity index (χ4v) is 0.351. The van der Waals surface area contributed by atoms with E-state index in [1.165, 1.54) is 13.8 Å². The largest absolute Gasteiger partial charge is 4.00 e. The zero-order valence-electron chi connectivity index (χ0n) is 8.73. The van der Waals surface area contributed by atoms with Crippen LogP contribution in [0.4, 0.5) is 0 Å². The summed E-state index contributed by atoms with van der Waals surface area (Å²) in [6, 6.07) is 0. The van der Waals surface area contributed by atoms with Crippen LogP contribution in [-0.2, 0) is 35.8 Å². The van der Waals surface area contributed by atoms with Crippen LogP contribution >= 0.6 is 0 Å². The second kappa shape index (κ2) is 58.0. The molecule has 0 aliphatic rings. The molecular formula is C5H15AlO9Zr. The number of carbonyl (C=O) groups is 2. The van der Waals surface area contributed by atoms with E-state index in [0.717, 1.165) is 0 Å². The normalized spacial score (nSPS) is 3.62. The second-order valence-electron chi connectivity index (χ2n) is 1.58. The van der Waals surface area contributed by atoms with Gasteiger partial charge in [-0.25, -0.2) is 0 Å². The summed E-state index contributed by atoms with van der Waals surface area (Å²) in [6.07, 6.45) is 0.0833. The third-order valence-corrected chi connectivity index (χ3v) is 0.498. The molecule has 0 aromatic heterocycles. The van der Waals surface area contributed by atoms with E-state index in [4.69, 9.17) is 0 Å². The Morgan fingerprint density at radius 3 is 0.812 bits per heavy atom. The number of hydrogen-bond acceptors (Lipinski definition) is 9. The fraction of sp³-hybridized carbons (Fsp3) is 0.600. The van der Waals surface area contributed by atoms with Gasteiger partial charge in [-0.3, -0.25) is 9.59 Å². The minimum atomic E-state index is -0.0625. The van der Waals surface area contributed by atoms with Gasteiger partial charge < -0.3 is 38.3 Å². The summed E-state index contributed by atoms with van der Waals surface area (Å²) in [7, 11) is 0. The molecule has 0 unspecified atom stereocenters. The van der Waals surface area contributed by atoms with E-state index in [9.17, 15) is 9.59 Å². The Kier molecular flexibility index (Phi) is 341. The molecule has 96 valence electrons. The third-order valence-electron chi connectivity index (χ3n) is 0.498. The van der Waals surface area contributed by atoms with Gasteiger partial charge in [-0.1, -0.05) is 0 Å². The minimum absolute atomic E-state index is 0. The van der Waals surface area contributed by atoms with Crippen molar-refractivity contribution in [3.63, 3.8) is 0 Å². The molecule has 0 bridgehead atoms. The van der Waals surface area contributed by atoms with E-state index >= 15 is 0 Å². The number of Topliss-reactive ketones (excluding diaryl/α,β-unsaturated/α-hetero) is 2. The fourth-order valence-electron chi connectivity index (χ4n) is 0.351. The SMILES string of the molecule is CC(=O)CC(C)=O.[Al+3].[OH-].[OH-].[OH-].[OH-].[OH-].[OH-].[OH-].[Zr+4]. The van der Waals surface area contributed by atoms with Crippen molar-refractivity contribution >= 4 is 28.9 Å². The van der Waals surface area contributed by atoms with Gasteiger partial charge in [-0.15, -0.1) is 0 Å². The molecule has 7 N–H and O–H groups in total. The molecule has 0 rings (SSSR count). The van der Waals surface area contributed by atoms with Crippen LogP contribution in [-0.4, -0.2) is 67.3 Å². The summed E-state index contributed by atoms with van der Waals surface area (Å²) in [5, 5.41) is 0. The summed E-state index contributed by atoms with van der Waals surface area (Å²) < 4.78 is 0. The summed E-state index contributed by atoms with van der Waals surface area (Å²) in [5.41, 5.74) is 0. The predicted molar refractivity (Wildman–Crippen MR) is 45.3 cm³/mol. The van der Waals surface area contributed by atoms with Crippen molar-refractivity contribution in [1.29, 1.82) is 0 Å². The van der Waals surface area contributed by atoms with Crippen LogP contribution in [0.1, 0.15) is 20.3 Å². The van der Waals surface area contributed by atoms with Gasteiger partial charge in [-0.2, -0.15) is 0 Å². The molecule has 0 saturated heterocycles. The Bertz CT molecular complexity index is 100. The van der Waals surface area contributed by atoms with Crippen molar-refractivity contribution in [2.75, 3.05) is 0 Å². The van der Waals surface area contributed by atoms with E-state index < -0.39 is 0 Å². The summed E-state index contributed by atoms with van der Waals surface area (Å²) in [6.45, 7) is 2.81. The van der Waals surface area contributed by atoms with Crippen LogP contribution in [0, 0.1) is 0 Å². The molecule has 0 heterocycles. The molecule has 0 atom stereocenters. The van der Waals surface area contributed by atoms with Gasteiger partial charge in [0, 0.05) is 0 Å². The monoisotopic (exact) mass is 336 g/mol. The van der Waals surface area contributed by atoms with Crippen LogP contribution in [0.3, 0.4) is 0 Å². The predicted octanol–water partition coefficient (Wildman–Crippen LogP) is -1.07. The maximum absolute atomic E-state index is 10.0. The average molecular weight is 337 g/mol. The van der Waals surface area contributed by atoms with Gasteiger partial charge in [0.15, 0.2) is 0 Å². The first-order valence-corrected chi connectivity index (χ1v) is 2.12. The van der Waals surface area contributed by atoms with Crippen LogP contribution in [0.15, 0.2) is 0 Å². The van der Waals surface area contributed by atoms with E-state index in [0.29, 0.717) is 0 Å². The quantitative estimate of drug-likeness (QED) is 0.438. The molecule has 0 amide bonds. The van der Waals surface area contributed by atoms with E-state index in [1.807, 2.05) is 0 Å². The molecule has 0 fully saturated rings. The second-order valence-corrected chi connectivity index (χ2v) is 1.58. The molecule has 9 nitrogen and oxygen atoms in total. The molecule has 16 heavy (non-hydrogen) atoms. The minimum Gasteiger partial charge on any atom is -0.870 e. The topological polar surface area (TPSA) is 244 Å². The van der Waals surface area contributed by atoms with Gasteiger partial charge >= 0.3 is 43.6 Å². The molecule has 11 heteroatoms. The molecule has 0 aromatic rings. The molecular weight excluding hydrogens is 322 g/mol. The van der Waals surface area contributed by atoms with Gasteiger partial charge in [-0.05, 0) is 13.8 Å². The van der Waals surface area contributed by atoms with Crippen molar-refractivity contribution in [2.45, 2.75) is 20.3 Å². The van der Waals surface area contributed by atoms with Crippen LogP contribution in [0.5, 0.6) is 0 Å². The Balaban J connectivity index is -0.00000000500. The van der Waals surface area contributed by atoms with Gasteiger partial charge in [0.1, 0.15) is 11.6 Å². The van der Waals surface area contributed by atoms with Gasteiger partial charge in [0.25, 0.3) is 0 Å². The van der Waals surface area contributed by atoms with E-state index in [1.54, 1.807) is 0 Å². The van der Waals surface area contributed by atoms with Crippen LogP contribution in [0.2, 0.25) is 0 Å². The zero-order valence-corrected chi connectivity index (χ0v) is 12.3. The smallest absolute Gasteiger partial charge is 0.870 e. The van der Waals surface area contributed by atoms with Gasteiger partial charge in [0.05, 0.1) is 6.42 Å². The third kappa shape index (κ3) is 131. The molecule has 0 radical (unpaired) electrons. The van der Waals surface area contributed by atoms with Crippen molar-refractivity contribution < 1.29 is 74.1 Å². The molecule has 0 saturated carbocycles. The van der Waals surface area contributed by atoms with Crippen LogP contribution < -0.4 is 0 Å². The molecule has 0 aliphatic heterocycles. The molecule has 0 aliphatic carbocycles. The maximum atomic E-state index is 10.0. The Labute approximate surface area is 123 Å². The van der Waals surface area contributed by atoms with E-state index in [2.05, 4.69) is 0 Å². The van der Waals surface area contributed by atoms with Gasteiger partial charge in [0.2, 0.25) is 0 Å². The molecule has 0 spiro atoms. The standard InChI is InChI=1S/C5H8O2.Al.7H2O.Zr/c1-4(6)3-5(2)7;;;;;;;;;/h3H2,1-2H3;;7*1H2;/q;+3;;;;;;;;+4/p-7. The Morgan fingerprint density at radius 1 is 0.688 bits per heavy atom. The number of ketones is 2. The first-order valence-electron chi connectivity index (χ1n) is 2.12. The first kappa shape index (κ1) is 94.1. The number of rotatable bonds is 2. The van der Waals surface area contributed by atoms with Crippen LogP contribution in [0.25, 0.3) is 0 Å². The Hall–Kier alpha value is 0.476. The Morgan fingerprint density at radius 2 is 0.812 bits per heavy atom. The van der Waals surface area contributed by atoms with Crippen molar-refractivity contribution in [2.24, 2.45) is 0 Å². The first-order chi connectivity index (χ1) is 3.13. The average Bonchev–Trinajstić information content (AvgIpc) is 1.27. The van der Waals surface area contributed by atoms with E-state index in [-0.39, 0.29) is 99.9 Å². The van der Waals surface area contributed by atoms with Crippen molar-refractivity contribution in [3.05, 3.63) is 0 Å². The number of hydrogen-bond donors (Lipinski definition) is 0. The van der Waals surface area contributed by atoms with Crippen molar-refractivity contribution in [3.8, 4) is 0 Å². The summed E-state index contributed by atoms with van der Waals surface area (Å²) >= 11 is 0. The number of carbonyl (C=O) groups excluding carboxylic acids is 2. The maximum Gasteiger partial charge on any atom is 4.00 e. The van der Waals surface area contributed by atoms with Crippen molar-refractivity contribution in [1.82, 2.24) is 0 Å². The molecule has 0 aromatic carbocycles. The zero-order chi connectivity index (χ0) is 5.86. The summed E-state index contributed by atoms with van der Waals surface area (Å²) in [4.78, 5) is 20.1. The summed E-state index contributed by atoms with van der Waals surface area (Å²) in [5.74, 6) is -0.125.